The molecule has 0 fully saturated rings. The molecular formula is C15H25FN2. The third kappa shape index (κ3) is 2.73. The van der Waals surface area contributed by atoms with Crippen molar-refractivity contribution in [3.63, 3.8) is 0 Å². The molecule has 2 nitrogen and oxygen atoms in total. The van der Waals surface area contributed by atoms with E-state index in [1.165, 1.54) is 12.1 Å². The van der Waals surface area contributed by atoms with Crippen molar-refractivity contribution in [3.05, 3.63) is 35.6 Å². The normalized spacial score (nSPS) is 13.9. The van der Waals surface area contributed by atoms with Crippen molar-refractivity contribution >= 4 is 0 Å². The zero-order chi connectivity index (χ0) is 13.8. The molecule has 0 bridgehead atoms. The van der Waals surface area contributed by atoms with E-state index in [2.05, 4.69) is 38.2 Å². The third-order valence-corrected chi connectivity index (χ3v) is 4.14. The van der Waals surface area contributed by atoms with Gasteiger partial charge in [0, 0.05) is 5.54 Å². The van der Waals surface area contributed by atoms with Crippen molar-refractivity contribution in [2.45, 2.75) is 38.3 Å². The Hall–Kier alpha value is -0.930. The van der Waals surface area contributed by atoms with E-state index < -0.39 is 0 Å². The summed E-state index contributed by atoms with van der Waals surface area (Å²) in [5.41, 5.74) is 1.18. The largest absolute Gasteiger partial charge is 0.311 e. The second kappa shape index (κ2) is 6.30. The van der Waals surface area contributed by atoms with Crippen molar-refractivity contribution in [2.75, 3.05) is 21.1 Å². The van der Waals surface area contributed by atoms with Crippen LogP contribution in [0.5, 0.6) is 0 Å². The molecule has 0 aliphatic rings. The minimum atomic E-state index is -0.183. The first-order chi connectivity index (χ1) is 8.51. The number of benzene rings is 1. The third-order valence-electron chi connectivity index (χ3n) is 4.14. The molecule has 0 spiro atoms. The second-order valence-corrected chi connectivity index (χ2v) is 4.98. The average Bonchev–Trinajstić information content (AvgIpc) is 2.37. The van der Waals surface area contributed by atoms with Gasteiger partial charge in [0.05, 0.1) is 6.04 Å². The summed E-state index contributed by atoms with van der Waals surface area (Å²) in [5, 5.41) is 3.40. The number of likely N-dealkylation sites (N-methyl/N-ethyl adjacent to an activating group) is 2. The fraction of sp³-hybridized carbons (Fsp3) is 0.600. The van der Waals surface area contributed by atoms with E-state index in [9.17, 15) is 4.39 Å². The van der Waals surface area contributed by atoms with Gasteiger partial charge in [-0.15, -0.1) is 0 Å². The van der Waals surface area contributed by atoms with E-state index in [1.807, 2.05) is 19.2 Å². The SMILES string of the molecule is CCC(CC)(C(NC)c1ccc(F)cc1)N(C)C. The number of halogens is 1. The Morgan fingerprint density at radius 2 is 1.67 bits per heavy atom. The number of rotatable bonds is 6. The van der Waals surface area contributed by atoms with Crippen LogP contribution in [0.15, 0.2) is 24.3 Å². The summed E-state index contributed by atoms with van der Waals surface area (Å²) < 4.78 is 13.0. The quantitative estimate of drug-likeness (QED) is 0.836. The number of hydrogen-bond donors (Lipinski definition) is 1. The van der Waals surface area contributed by atoms with Crippen LogP contribution in [-0.2, 0) is 0 Å². The van der Waals surface area contributed by atoms with Crippen LogP contribution in [0.4, 0.5) is 4.39 Å². The molecule has 0 saturated heterocycles. The molecule has 3 heteroatoms. The standard InChI is InChI=1S/C15H25FN2/c1-6-15(7-2,18(4)5)14(17-3)12-8-10-13(16)11-9-12/h8-11,14,17H,6-7H2,1-5H3. The van der Waals surface area contributed by atoms with Gasteiger partial charge in [-0.3, -0.25) is 0 Å². The Labute approximate surface area is 110 Å². The maximum Gasteiger partial charge on any atom is 0.123 e. The molecule has 1 N–H and O–H groups in total. The van der Waals surface area contributed by atoms with Gasteiger partial charge in [-0.05, 0) is 51.7 Å². The first-order valence-corrected chi connectivity index (χ1v) is 6.62. The number of nitrogens with zero attached hydrogens (tertiary/aromatic N) is 1. The van der Waals surface area contributed by atoms with E-state index in [1.54, 1.807) is 0 Å². The van der Waals surface area contributed by atoms with Gasteiger partial charge in [-0.2, -0.15) is 0 Å². The molecule has 0 amide bonds. The van der Waals surface area contributed by atoms with Crippen LogP contribution in [0, 0.1) is 5.82 Å². The Kier molecular flexibility index (Phi) is 5.29. The monoisotopic (exact) mass is 252 g/mol. The van der Waals surface area contributed by atoms with E-state index in [-0.39, 0.29) is 17.4 Å². The fourth-order valence-corrected chi connectivity index (χ4v) is 2.95. The van der Waals surface area contributed by atoms with Crippen molar-refractivity contribution in [3.8, 4) is 0 Å². The van der Waals surface area contributed by atoms with Crippen LogP contribution in [0.2, 0.25) is 0 Å². The van der Waals surface area contributed by atoms with Crippen molar-refractivity contribution in [1.29, 1.82) is 0 Å². The molecule has 1 unspecified atom stereocenters. The highest BCUT2D eigenvalue weighted by Gasteiger charge is 2.37. The summed E-state index contributed by atoms with van der Waals surface area (Å²) in [6, 6.07) is 7.01. The zero-order valence-corrected chi connectivity index (χ0v) is 12.1. The zero-order valence-electron chi connectivity index (χ0n) is 12.1. The lowest BCUT2D eigenvalue weighted by Crippen LogP contribution is -2.52. The Morgan fingerprint density at radius 3 is 2.00 bits per heavy atom. The summed E-state index contributed by atoms with van der Waals surface area (Å²) >= 11 is 0. The summed E-state index contributed by atoms with van der Waals surface area (Å²) in [5.74, 6) is -0.183. The fourth-order valence-electron chi connectivity index (χ4n) is 2.95. The molecule has 0 aromatic heterocycles. The van der Waals surface area contributed by atoms with Crippen LogP contribution in [0.1, 0.15) is 38.3 Å². The Balaban J connectivity index is 3.17. The minimum Gasteiger partial charge on any atom is -0.311 e. The van der Waals surface area contributed by atoms with Gasteiger partial charge in [0.1, 0.15) is 5.82 Å². The van der Waals surface area contributed by atoms with Gasteiger partial charge < -0.3 is 10.2 Å². The summed E-state index contributed by atoms with van der Waals surface area (Å²) in [6.07, 6.45) is 2.08. The summed E-state index contributed by atoms with van der Waals surface area (Å²) in [4.78, 5) is 2.28. The van der Waals surface area contributed by atoms with E-state index in [0.29, 0.717) is 0 Å². The van der Waals surface area contributed by atoms with Gasteiger partial charge in [0.25, 0.3) is 0 Å². The summed E-state index contributed by atoms with van der Waals surface area (Å²) in [7, 11) is 6.19. The number of hydrogen-bond acceptors (Lipinski definition) is 2. The molecular weight excluding hydrogens is 227 g/mol. The molecule has 0 heterocycles. The minimum absolute atomic E-state index is 0.0482. The van der Waals surface area contributed by atoms with Crippen LogP contribution < -0.4 is 5.32 Å². The lowest BCUT2D eigenvalue weighted by molar-refractivity contribution is 0.0917. The smallest absolute Gasteiger partial charge is 0.123 e. The van der Waals surface area contributed by atoms with E-state index in [4.69, 9.17) is 0 Å². The maximum absolute atomic E-state index is 13.0. The molecule has 0 aliphatic carbocycles. The van der Waals surface area contributed by atoms with Gasteiger partial charge in [-0.1, -0.05) is 26.0 Å². The van der Waals surface area contributed by atoms with E-state index in [0.717, 1.165) is 18.4 Å². The first kappa shape index (κ1) is 15.1. The van der Waals surface area contributed by atoms with Gasteiger partial charge in [-0.25, -0.2) is 4.39 Å². The average molecular weight is 252 g/mol. The van der Waals surface area contributed by atoms with Crippen molar-refractivity contribution < 1.29 is 4.39 Å². The Bertz CT molecular complexity index is 355. The summed E-state index contributed by atoms with van der Waals surface area (Å²) in [6.45, 7) is 4.41. The molecule has 0 radical (unpaired) electrons. The lowest BCUT2D eigenvalue weighted by atomic mass is 9.79. The maximum atomic E-state index is 13.0. The van der Waals surface area contributed by atoms with Gasteiger partial charge in [0.15, 0.2) is 0 Å². The highest BCUT2D eigenvalue weighted by Crippen LogP contribution is 2.35. The molecule has 18 heavy (non-hydrogen) atoms. The highest BCUT2D eigenvalue weighted by molar-refractivity contribution is 5.24. The highest BCUT2D eigenvalue weighted by atomic mass is 19.1. The Morgan fingerprint density at radius 1 is 1.17 bits per heavy atom. The molecule has 102 valence electrons. The molecule has 1 aromatic carbocycles. The van der Waals surface area contributed by atoms with Crippen LogP contribution in [-0.4, -0.2) is 31.6 Å². The predicted molar refractivity (Wildman–Crippen MR) is 75.2 cm³/mol. The van der Waals surface area contributed by atoms with Crippen molar-refractivity contribution in [2.24, 2.45) is 0 Å². The predicted octanol–water partition coefficient (Wildman–Crippen LogP) is 3.21. The van der Waals surface area contributed by atoms with Crippen LogP contribution in [0.25, 0.3) is 0 Å². The second-order valence-electron chi connectivity index (χ2n) is 4.98. The van der Waals surface area contributed by atoms with Crippen LogP contribution in [0.3, 0.4) is 0 Å². The molecule has 0 aliphatic heterocycles. The van der Waals surface area contributed by atoms with Gasteiger partial charge in [0.2, 0.25) is 0 Å². The molecule has 0 saturated carbocycles. The van der Waals surface area contributed by atoms with Crippen LogP contribution >= 0.6 is 0 Å². The molecule has 1 aromatic rings. The first-order valence-electron chi connectivity index (χ1n) is 6.62. The van der Waals surface area contributed by atoms with Gasteiger partial charge >= 0.3 is 0 Å². The topological polar surface area (TPSA) is 15.3 Å². The molecule has 1 rings (SSSR count). The van der Waals surface area contributed by atoms with E-state index >= 15 is 0 Å². The van der Waals surface area contributed by atoms with Crippen molar-refractivity contribution in [1.82, 2.24) is 10.2 Å². The molecule has 1 atom stereocenters. The number of nitrogens with one attached hydrogen (secondary N) is 1. The lowest BCUT2D eigenvalue weighted by Gasteiger charge is -2.45.